The first-order valence-electron chi connectivity index (χ1n) is 11.2. The molecule has 0 spiro atoms. The van der Waals surface area contributed by atoms with E-state index in [0.717, 1.165) is 42.5 Å². The third-order valence-electron chi connectivity index (χ3n) is 5.81. The Balaban J connectivity index is 1.52. The van der Waals surface area contributed by atoms with Gasteiger partial charge in [0.15, 0.2) is 0 Å². The van der Waals surface area contributed by atoms with Gasteiger partial charge in [0.05, 0.1) is 11.4 Å². The van der Waals surface area contributed by atoms with Gasteiger partial charge in [-0.05, 0) is 67.7 Å². The number of benzene rings is 2. The zero-order valence-electron chi connectivity index (χ0n) is 19.1. The molecule has 0 aromatic heterocycles. The van der Waals surface area contributed by atoms with E-state index < -0.39 is 15.9 Å². The SMILES string of the molecule is Cc1cccc(NC(=O)CNC(=O)/C=C/c2ccc(S(=O)(=O)N3CCCCCC3)cc2)c1C. The second-order valence-electron chi connectivity index (χ2n) is 8.23. The summed E-state index contributed by atoms with van der Waals surface area (Å²) in [5, 5.41) is 5.34. The molecule has 1 fully saturated rings. The first-order chi connectivity index (χ1) is 15.8. The topological polar surface area (TPSA) is 95.6 Å². The molecule has 0 unspecified atom stereocenters. The van der Waals surface area contributed by atoms with Crippen LogP contribution in [-0.4, -0.2) is 44.2 Å². The van der Waals surface area contributed by atoms with Gasteiger partial charge in [0.25, 0.3) is 0 Å². The Kier molecular flexibility index (Phi) is 8.41. The zero-order valence-corrected chi connectivity index (χ0v) is 20.0. The van der Waals surface area contributed by atoms with Crippen molar-refractivity contribution < 1.29 is 18.0 Å². The van der Waals surface area contributed by atoms with Crippen molar-refractivity contribution in [2.45, 2.75) is 44.4 Å². The van der Waals surface area contributed by atoms with Crippen molar-refractivity contribution in [3.05, 3.63) is 65.2 Å². The van der Waals surface area contributed by atoms with E-state index in [-0.39, 0.29) is 17.3 Å². The molecule has 8 heteroatoms. The highest BCUT2D eigenvalue weighted by Crippen LogP contribution is 2.21. The Morgan fingerprint density at radius 1 is 0.970 bits per heavy atom. The van der Waals surface area contributed by atoms with E-state index in [1.165, 1.54) is 6.08 Å². The van der Waals surface area contributed by atoms with E-state index >= 15 is 0 Å². The lowest BCUT2D eigenvalue weighted by atomic mass is 10.1. The first-order valence-corrected chi connectivity index (χ1v) is 12.6. The van der Waals surface area contributed by atoms with Crippen molar-refractivity contribution in [2.75, 3.05) is 25.0 Å². The average molecular weight is 470 g/mol. The fourth-order valence-corrected chi connectivity index (χ4v) is 5.18. The smallest absolute Gasteiger partial charge is 0.244 e. The van der Waals surface area contributed by atoms with Crippen molar-refractivity contribution in [2.24, 2.45) is 0 Å². The number of carbonyl (C=O) groups excluding carboxylic acids is 2. The largest absolute Gasteiger partial charge is 0.343 e. The molecule has 0 saturated carbocycles. The molecule has 2 aromatic carbocycles. The van der Waals surface area contributed by atoms with Crippen LogP contribution in [-0.2, 0) is 19.6 Å². The molecular weight excluding hydrogens is 438 g/mol. The molecule has 0 aliphatic carbocycles. The van der Waals surface area contributed by atoms with Gasteiger partial charge in [-0.2, -0.15) is 4.31 Å². The number of aryl methyl sites for hydroxylation is 1. The number of anilines is 1. The minimum atomic E-state index is -3.50. The molecule has 0 bridgehead atoms. The number of nitrogens with one attached hydrogen (secondary N) is 2. The molecule has 176 valence electrons. The second-order valence-corrected chi connectivity index (χ2v) is 10.2. The predicted molar refractivity (Wildman–Crippen MR) is 130 cm³/mol. The lowest BCUT2D eigenvalue weighted by Crippen LogP contribution is -2.32. The van der Waals surface area contributed by atoms with Crippen molar-refractivity contribution >= 4 is 33.6 Å². The number of amides is 2. The average Bonchev–Trinajstić information content (AvgIpc) is 3.10. The van der Waals surface area contributed by atoms with Gasteiger partial charge in [-0.25, -0.2) is 8.42 Å². The van der Waals surface area contributed by atoms with Gasteiger partial charge >= 0.3 is 0 Å². The van der Waals surface area contributed by atoms with E-state index in [1.807, 2.05) is 32.0 Å². The number of hydrogen-bond acceptors (Lipinski definition) is 4. The summed E-state index contributed by atoms with van der Waals surface area (Å²) in [4.78, 5) is 24.5. The van der Waals surface area contributed by atoms with Crippen LogP contribution in [0.25, 0.3) is 6.08 Å². The van der Waals surface area contributed by atoms with Crippen LogP contribution in [0.1, 0.15) is 42.4 Å². The number of rotatable bonds is 7. The van der Waals surface area contributed by atoms with Crippen LogP contribution in [0, 0.1) is 13.8 Å². The van der Waals surface area contributed by atoms with Gasteiger partial charge in [0.1, 0.15) is 0 Å². The quantitative estimate of drug-likeness (QED) is 0.605. The van der Waals surface area contributed by atoms with E-state index in [0.29, 0.717) is 18.7 Å². The van der Waals surface area contributed by atoms with E-state index in [9.17, 15) is 18.0 Å². The van der Waals surface area contributed by atoms with E-state index in [1.54, 1.807) is 34.6 Å². The lowest BCUT2D eigenvalue weighted by molar-refractivity contribution is -0.121. The third kappa shape index (κ3) is 6.76. The summed E-state index contributed by atoms with van der Waals surface area (Å²) < 4.78 is 27.2. The van der Waals surface area contributed by atoms with Crippen molar-refractivity contribution in [1.82, 2.24) is 9.62 Å². The Bertz CT molecular complexity index is 1120. The standard InChI is InChI=1S/C25H31N3O4S/c1-19-8-7-9-23(20(19)2)27-25(30)18-26-24(29)15-12-21-10-13-22(14-11-21)33(31,32)28-16-5-3-4-6-17-28/h7-15H,3-6,16-18H2,1-2H3,(H,26,29)(H,27,30)/b15-12+. The highest BCUT2D eigenvalue weighted by Gasteiger charge is 2.24. The molecule has 2 aromatic rings. The summed E-state index contributed by atoms with van der Waals surface area (Å²) >= 11 is 0. The van der Waals surface area contributed by atoms with Crippen LogP contribution in [0.4, 0.5) is 5.69 Å². The number of hydrogen-bond donors (Lipinski definition) is 2. The van der Waals surface area contributed by atoms with Crippen LogP contribution in [0.3, 0.4) is 0 Å². The molecular formula is C25H31N3O4S. The lowest BCUT2D eigenvalue weighted by Gasteiger charge is -2.19. The van der Waals surface area contributed by atoms with Gasteiger partial charge in [-0.3, -0.25) is 9.59 Å². The number of sulfonamides is 1. The molecule has 33 heavy (non-hydrogen) atoms. The number of carbonyl (C=O) groups is 2. The van der Waals surface area contributed by atoms with Gasteiger partial charge in [-0.1, -0.05) is 37.1 Å². The summed E-state index contributed by atoms with van der Waals surface area (Å²) in [6.45, 7) is 4.86. The second kappa shape index (κ2) is 11.2. The maximum absolute atomic E-state index is 12.8. The normalized spacial score (nSPS) is 15.2. The molecule has 2 amide bonds. The summed E-state index contributed by atoms with van der Waals surface area (Å²) in [5.74, 6) is -0.721. The molecule has 1 aliphatic rings. The van der Waals surface area contributed by atoms with Gasteiger partial charge < -0.3 is 10.6 Å². The zero-order chi connectivity index (χ0) is 23.8. The first kappa shape index (κ1) is 24.7. The highest BCUT2D eigenvalue weighted by molar-refractivity contribution is 7.89. The fourth-order valence-electron chi connectivity index (χ4n) is 3.66. The van der Waals surface area contributed by atoms with E-state index in [2.05, 4.69) is 10.6 Å². The summed E-state index contributed by atoms with van der Waals surface area (Å²) in [6, 6.07) is 12.1. The van der Waals surface area contributed by atoms with Crippen molar-refractivity contribution in [3.8, 4) is 0 Å². The Morgan fingerprint density at radius 3 is 2.30 bits per heavy atom. The molecule has 0 radical (unpaired) electrons. The molecule has 1 saturated heterocycles. The monoisotopic (exact) mass is 469 g/mol. The molecule has 0 atom stereocenters. The van der Waals surface area contributed by atoms with Crippen LogP contribution < -0.4 is 10.6 Å². The summed E-state index contributed by atoms with van der Waals surface area (Å²) in [5.41, 5.74) is 3.48. The maximum Gasteiger partial charge on any atom is 0.244 e. The summed E-state index contributed by atoms with van der Waals surface area (Å²) in [6.07, 6.45) is 6.80. The molecule has 7 nitrogen and oxygen atoms in total. The van der Waals surface area contributed by atoms with Crippen LogP contribution in [0.2, 0.25) is 0 Å². The van der Waals surface area contributed by atoms with Gasteiger partial charge in [0.2, 0.25) is 21.8 Å². The van der Waals surface area contributed by atoms with Crippen molar-refractivity contribution in [3.63, 3.8) is 0 Å². The minimum Gasteiger partial charge on any atom is -0.343 e. The van der Waals surface area contributed by atoms with Crippen molar-refractivity contribution in [1.29, 1.82) is 0 Å². The Labute approximate surface area is 195 Å². The van der Waals surface area contributed by atoms with E-state index in [4.69, 9.17) is 0 Å². The minimum absolute atomic E-state index is 0.149. The Hall–Kier alpha value is -2.97. The number of nitrogens with zero attached hydrogens (tertiary/aromatic N) is 1. The van der Waals surface area contributed by atoms with Crippen LogP contribution >= 0.6 is 0 Å². The van der Waals surface area contributed by atoms with Crippen LogP contribution in [0.15, 0.2) is 53.4 Å². The maximum atomic E-state index is 12.8. The van der Waals surface area contributed by atoms with Gasteiger partial charge in [-0.15, -0.1) is 0 Å². The molecule has 3 rings (SSSR count). The summed E-state index contributed by atoms with van der Waals surface area (Å²) in [7, 11) is -3.50. The third-order valence-corrected chi connectivity index (χ3v) is 7.72. The molecule has 2 N–H and O–H groups in total. The molecule has 1 heterocycles. The fraction of sp³-hybridized carbons (Fsp3) is 0.360. The molecule has 1 aliphatic heterocycles. The van der Waals surface area contributed by atoms with Gasteiger partial charge in [0, 0.05) is 24.9 Å². The highest BCUT2D eigenvalue weighted by atomic mass is 32.2. The van der Waals surface area contributed by atoms with Crippen LogP contribution in [0.5, 0.6) is 0 Å². The predicted octanol–water partition coefficient (Wildman–Crippen LogP) is 3.64. The Morgan fingerprint density at radius 2 is 1.64 bits per heavy atom.